The first-order chi connectivity index (χ1) is 15.4. The highest BCUT2D eigenvalue weighted by molar-refractivity contribution is 5.95. The van der Waals surface area contributed by atoms with Crippen LogP contribution in [-0.4, -0.2) is 35.8 Å². The highest BCUT2D eigenvalue weighted by Gasteiger charge is 2.28. The van der Waals surface area contributed by atoms with Gasteiger partial charge in [0.15, 0.2) is 11.5 Å². The van der Waals surface area contributed by atoms with E-state index in [2.05, 4.69) is 20.6 Å². The molecule has 0 spiro atoms. The average Bonchev–Trinajstić information content (AvgIpc) is 3.21. The van der Waals surface area contributed by atoms with Crippen LogP contribution in [0.15, 0.2) is 24.3 Å². The van der Waals surface area contributed by atoms with Crippen molar-refractivity contribution in [2.75, 3.05) is 25.0 Å². The van der Waals surface area contributed by atoms with Crippen LogP contribution in [-0.2, 0) is 6.42 Å². The smallest absolute Gasteiger partial charge is 0.266 e. The maximum absolute atomic E-state index is 14.7. The summed E-state index contributed by atoms with van der Waals surface area (Å²) in [5.41, 5.74) is 1.24. The standard InChI is InChI=1S/C23H23F3N4O2/c1-11(14-4-3-5-15(19(14)24)22(25)26)28-23-17-8-18(32-13-9-27-10-13)21-16(6-7-31-21)20(17)29-12(2)30-23/h3-5,8,11,13,22,27H,6-7,9-10H2,1-2H3,(H,28,29,30). The Morgan fingerprint density at radius 3 is 2.72 bits per heavy atom. The molecule has 3 heterocycles. The number of aryl methyl sites for hydroxylation is 1. The number of alkyl halides is 2. The zero-order valence-corrected chi connectivity index (χ0v) is 17.7. The Kier molecular flexibility index (Phi) is 5.28. The van der Waals surface area contributed by atoms with Crippen LogP contribution in [0, 0.1) is 12.7 Å². The van der Waals surface area contributed by atoms with Crippen LogP contribution in [0.2, 0.25) is 0 Å². The summed E-state index contributed by atoms with van der Waals surface area (Å²) in [5.74, 6) is 1.46. The zero-order valence-electron chi connectivity index (χ0n) is 17.7. The molecule has 1 fully saturated rings. The van der Waals surface area contributed by atoms with E-state index in [9.17, 15) is 13.2 Å². The highest BCUT2D eigenvalue weighted by atomic mass is 19.3. The van der Waals surface area contributed by atoms with Crippen molar-refractivity contribution in [1.29, 1.82) is 0 Å². The summed E-state index contributed by atoms with van der Waals surface area (Å²) in [6, 6.07) is 5.28. The highest BCUT2D eigenvalue weighted by Crippen LogP contribution is 2.43. The molecule has 2 aromatic carbocycles. The lowest BCUT2D eigenvalue weighted by Crippen LogP contribution is -2.50. The van der Waals surface area contributed by atoms with Gasteiger partial charge in [0.25, 0.3) is 6.43 Å². The average molecular weight is 444 g/mol. The summed E-state index contributed by atoms with van der Waals surface area (Å²) in [6.07, 6.45) is -2.12. The molecule has 6 nitrogen and oxygen atoms in total. The van der Waals surface area contributed by atoms with Crippen LogP contribution >= 0.6 is 0 Å². The number of rotatable bonds is 6. The lowest BCUT2D eigenvalue weighted by atomic mass is 10.0. The Hall–Kier alpha value is -3.07. The molecule has 2 N–H and O–H groups in total. The van der Waals surface area contributed by atoms with Gasteiger partial charge in [-0.15, -0.1) is 0 Å². The molecule has 0 amide bonds. The number of benzene rings is 2. The van der Waals surface area contributed by atoms with E-state index in [0.29, 0.717) is 36.2 Å². The molecule has 2 aliphatic rings. The normalized spacial score (nSPS) is 16.6. The summed E-state index contributed by atoms with van der Waals surface area (Å²) in [7, 11) is 0. The van der Waals surface area contributed by atoms with Crippen LogP contribution in [0.5, 0.6) is 11.5 Å². The van der Waals surface area contributed by atoms with Gasteiger partial charge >= 0.3 is 0 Å². The number of fused-ring (bicyclic) bond motifs is 3. The minimum Gasteiger partial charge on any atom is -0.489 e. The van der Waals surface area contributed by atoms with Gasteiger partial charge in [-0.1, -0.05) is 18.2 Å². The number of nitrogens with zero attached hydrogens (tertiary/aromatic N) is 2. The second kappa shape index (κ2) is 8.12. The molecule has 1 aromatic heterocycles. The van der Waals surface area contributed by atoms with E-state index in [-0.39, 0.29) is 11.7 Å². The minimum absolute atomic E-state index is 0.0635. The van der Waals surface area contributed by atoms with Crippen molar-refractivity contribution in [2.45, 2.75) is 38.8 Å². The van der Waals surface area contributed by atoms with E-state index in [4.69, 9.17) is 9.47 Å². The van der Waals surface area contributed by atoms with Crippen LogP contribution in [0.4, 0.5) is 19.0 Å². The van der Waals surface area contributed by atoms with Gasteiger partial charge in [-0.05, 0) is 19.9 Å². The first-order valence-electron chi connectivity index (χ1n) is 10.6. The molecule has 1 saturated heterocycles. The van der Waals surface area contributed by atoms with Gasteiger partial charge in [0.1, 0.15) is 23.6 Å². The Bertz CT molecular complexity index is 1180. The van der Waals surface area contributed by atoms with E-state index in [1.165, 1.54) is 12.1 Å². The quantitative estimate of drug-likeness (QED) is 0.585. The number of halogens is 3. The maximum Gasteiger partial charge on any atom is 0.266 e. The summed E-state index contributed by atoms with van der Waals surface area (Å²) in [5, 5.41) is 7.10. The molecule has 0 saturated carbocycles. The van der Waals surface area contributed by atoms with Crippen molar-refractivity contribution in [3.8, 4) is 11.5 Å². The molecular formula is C23H23F3N4O2. The van der Waals surface area contributed by atoms with E-state index in [1.54, 1.807) is 13.8 Å². The molecule has 1 atom stereocenters. The predicted molar refractivity (Wildman–Crippen MR) is 114 cm³/mol. The van der Waals surface area contributed by atoms with Gasteiger partial charge in [0.2, 0.25) is 0 Å². The largest absolute Gasteiger partial charge is 0.489 e. The van der Waals surface area contributed by atoms with Gasteiger partial charge in [-0.25, -0.2) is 23.1 Å². The van der Waals surface area contributed by atoms with E-state index < -0.39 is 23.8 Å². The first kappa shape index (κ1) is 20.8. The van der Waals surface area contributed by atoms with Crippen molar-refractivity contribution >= 4 is 16.7 Å². The van der Waals surface area contributed by atoms with Gasteiger partial charge < -0.3 is 20.1 Å². The summed E-state index contributed by atoms with van der Waals surface area (Å²) in [6.45, 7) is 5.56. The molecule has 0 radical (unpaired) electrons. The molecule has 0 bridgehead atoms. The number of ether oxygens (including phenoxy) is 2. The number of hydrogen-bond donors (Lipinski definition) is 2. The third kappa shape index (κ3) is 3.60. The fourth-order valence-corrected chi connectivity index (χ4v) is 4.12. The number of anilines is 1. The molecule has 9 heteroatoms. The van der Waals surface area contributed by atoms with Crippen LogP contribution in [0.3, 0.4) is 0 Å². The fourth-order valence-electron chi connectivity index (χ4n) is 4.12. The second-order valence-electron chi connectivity index (χ2n) is 8.11. The van der Waals surface area contributed by atoms with Crippen molar-refractivity contribution < 1.29 is 22.6 Å². The third-order valence-electron chi connectivity index (χ3n) is 5.87. The second-order valence-corrected chi connectivity index (χ2v) is 8.11. The van der Waals surface area contributed by atoms with Gasteiger partial charge in [0.05, 0.1) is 23.7 Å². The Morgan fingerprint density at radius 2 is 2.00 bits per heavy atom. The predicted octanol–water partition coefficient (Wildman–Crippen LogP) is 4.47. The summed E-state index contributed by atoms with van der Waals surface area (Å²) >= 11 is 0. The van der Waals surface area contributed by atoms with Crippen molar-refractivity contribution in [3.63, 3.8) is 0 Å². The van der Waals surface area contributed by atoms with E-state index in [0.717, 1.165) is 35.6 Å². The molecule has 32 heavy (non-hydrogen) atoms. The molecule has 0 aliphatic carbocycles. The van der Waals surface area contributed by atoms with Gasteiger partial charge in [-0.2, -0.15) is 0 Å². The lowest BCUT2D eigenvalue weighted by molar-refractivity contribution is 0.137. The number of hydrogen-bond acceptors (Lipinski definition) is 6. The van der Waals surface area contributed by atoms with E-state index >= 15 is 0 Å². The van der Waals surface area contributed by atoms with Crippen molar-refractivity contribution in [2.24, 2.45) is 0 Å². The van der Waals surface area contributed by atoms with E-state index in [1.807, 2.05) is 6.07 Å². The molecule has 3 aromatic rings. The van der Waals surface area contributed by atoms with Crippen LogP contribution in [0.25, 0.3) is 10.9 Å². The zero-order chi connectivity index (χ0) is 22.4. The topological polar surface area (TPSA) is 68.3 Å². The lowest BCUT2D eigenvalue weighted by Gasteiger charge is -2.28. The number of aromatic nitrogens is 2. The SMILES string of the molecule is Cc1nc(NC(C)c2cccc(C(F)F)c2F)c2cc(OC3CNC3)c3c(c2n1)CCO3. The van der Waals surface area contributed by atoms with Gasteiger partial charge in [0, 0.05) is 36.0 Å². The Balaban J connectivity index is 1.57. The monoisotopic (exact) mass is 444 g/mol. The first-order valence-corrected chi connectivity index (χ1v) is 10.6. The molecule has 2 aliphatic heterocycles. The molecule has 1 unspecified atom stereocenters. The van der Waals surface area contributed by atoms with Crippen LogP contribution in [0.1, 0.15) is 41.9 Å². The minimum atomic E-state index is -2.88. The Labute approximate surface area is 183 Å². The molecular weight excluding hydrogens is 421 g/mol. The molecule has 5 rings (SSSR count). The fraction of sp³-hybridized carbons (Fsp3) is 0.391. The number of nitrogens with one attached hydrogen (secondary N) is 2. The third-order valence-corrected chi connectivity index (χ3v) is 5.87. The maximum atomic E-state index is 14.7. The van der Waals surface area contributed by atoms with Crippen molar-refractivity contribution in [3.05, 3.63) is 52.6 Å². The summed E-state index contributed by atoms with van der Waals surface area (Å²) in [4.78, 5) is 9.16. The Morgan fingerprint density at radius 1 is 1.22 bits per heavy atom. The molecule has 168 valence electrons. The van der Waals surface area contributed by atoms with Gasteiger partial charge in [-0.3, -0.25) is 0 Å². The van der Waals surface area contributed by atoms with Crippen molar-refractivity contribution in [1.82, 2.24) is 15.3 Å². The summed E-state index contributed by atoms with van der Waals surface area (Å²) < 4.78 is 53.0. The van der Waals surface area contributed by atoms with Crippen LogP contribution < -0.4 is 20.1 Å².